The minimum absolute atomic E-state index is 0.852. The fraction of sp³-hybridized carbons (Fsp3) is 0.429. The first-order valence-corrected chi connectivity index (χ1v) is 3.22. The predicted octanol–water partition coefficient (Wildman–Crippen LogP) is 1.14. The van der Waals surface area contributed by atoms with Crippen LogP contribution in [0.25, 0.3) is 0 Å². The number of anilines is 1. The molecule has 10 heavy (non-hydrogen) atoms. The normalized spacial score (nSPS) is 9.50. The van der Waals surface area contributed by atoms with Gasteiger partial charge in [0.05, 0.1) is 5.69 Å². The van der Waals surface area contributed by atoms with Gasteiger partial charge in [0.15, 0.2) is 5.82 Å². The third-order valence-corrected chi connectivity index (χ3v) is 1.34. The summed E-state index contributed by atoms with van der Waals surface area (Å²) >= 11 is 0. The van der Waals surface area contributed by atoms with Crippen molar-refractivity contribution in [3.63, 3.8) is 0 Å². The first-order valence-electron chi connectivity index (χ1n) is 3.22. The van der Waals surface area contributed by atoms with Gasteiger partial charge < -0.3 is 5.32 Å². The molecule has 3 nitrogen and oxygen atoms in total. The number of hydrogen-bond acceptors (Lipinski definition) is 3. The summed E-state index contributed by atoms with van der Waals surface area (Å²) in [5.74, 6) is 0.852. The van der Waals surface area contributed by atoms with E-state index in [0.717, 1.165) is 17.1 Å². The molecule has 1 N–H and O–H groups in total. The van der Waals surface area contributed by atoms with Gasteiger partial charge in [0.2, 0.25) is 0 Å². The topological polar surface area (TPSA) is 37.8 Å². The van der Waals surface area contributed by atoms with Gasteiger partial charge in [-0.05, 0) is 25.5 Å². The molecule has 1 heterocycles. The van der Waals surface area contributed by atoms with Crippen molar-refractivity contribution in [1.29, 1.82) is 0 Å². The lowest BCUT2D eigenvalue weighted by Crippen LogP contribution is -1.98. The zero-order valence-electron chi connectivity index (χ0n) is 6.47. The molecule has 0 aliphatic heterocycles. The second kappa shape index (κ2) is 2.64. The number of aryl methyl sites for hydroxylation is 2. The Balaban J connectivity index is 3.07. The Kier molecular flexibility index (Phi) is 1.85. The van der Waals surface area contributed by atoms with E-state index in [1.807, 2.05) is 27.0 Å². The minimum Gasteiger partial charge on any atom is -0.371 e. The Bertz CT molecular complexity index is 232. The quantitative estimate of drug-likeness (QED) is 0.630. The standard InChI is InChI=1S/C7H11N3/c1-5-4-6(2)9-10-7(5)8-3/h4H,1-3H3,(H,8,10). The molecular weight excluding hydrogens is 126 g/mol. The van der Waals surface area contributed by atoms with E-state index in [9.17, 15) is 0 Å². The van der Waals surface area contributed by atoms with Crippen LogP contribution in [0.3, 0.4) is 0 Å². The molecule has 0 spiro atoms. The van der Waals surface area contributed by atoms with Crippen molar-refractivity contribution >= 4 is 5.82 Å². The summed E-state index contributed by atoms with van der Waals surface area (Å²) < 4.78 is 0. The van der Waals surface area contributed by atoms with E-state index in [2.05, 4.69) is 15.5 Å². The van der Waals surface area contributed by atoms with Crippen molar-refractivity contribution in [3.05, 3.63) is 17.3 Å². The third-order valence-electron chi connectivity index (χ3n) is 1.34. The van der Waals surface area contributed by atoms with Gasteiger partial charge in [0.25, 0.3) is 0 Å². The number of rotatable bonds is 1. The van der Waals surface area contributed by atoms with Crippen molar-refractivity contribution in [3.8, 4) is 0 Å². The number of hydrogen-bond donors (Lipinski definition) is 1. The maximum absolute atomic E-state index is 3.94. The molecule has 0 amide bonds. The maximum atomic E-state index is 3.94. The Labute approximate surface area is 60.5 Å². The van der Waals surface area contributed by atoms with Crippen LogP contribution in [0.2, 0.25) is 0 Å². The maximum Gasteiger partial charge on any atom is 0.151 e. The lowest BCUT2D eigenvalue weighted by Gasteiger charge is -2.01. The second-order valence-electron chi connectivity index (χ2n) is 2.27. The van der Waals surface area contributed by atoms with E-state index in [0.29, 0.717) is 0 Å². The first-order chi connectivity index (χ1) is 4.74. The molecule has 0 aromatic carbocycles. The van der Waals surface area contributed by atoms with Gasteiger partial charge in [-0.15, -0.1) is 5.10 Å². The van der Waals surface area contributed by atoms with Crippen molar-refractivity contribution in [1.82, 2.24) is 10.2 Å². The van der Waals surface area contributed by atoms with Crippen LogP contribution in [0.1, 0.15) is 11.3 Å². The van der Waals surface area contributed by atoms with Crippen LogP contribution >= 0.6 is 0 Å². The Morgan fingerprint density at radius 1 is 1.30 bits per heavy atom. The summed E-state index contributed by atoms with van der Waals surface area (Å²) in [4.78, 5) is 0. The first kappa shape index (κ1) is 6.99. The highest BCUT2D eigenvalue weighted by molar-refractivity contribution is 5.41. The Hall–Kier alpha value is -1.12. The summed E-state index contributed by atoms with van der Waals surface area (Å²) in [6.07, 6.45) is 0. The molecule has 0 saturated carbocycles. The molecule has 0 fully saturated rings. The molecule has 0 bridgehead atoms. The van der Waals surface area contributed by atoms with E-state index in [1.54, 1.807) is 0 Å². The summed E-state index contributed by atoms with van der Waals surface area (Å²) in [6.45, 7) is 3.94. The van der Waals surface area contributed by atoms with Crippen LogP contribution in [0.4, 0.5) is 5.82 Å². The molecule has 3 heteroatoms. The van der Waals surface area contributed by atoms with Gasteiger partial charge in [-0.2, -0.15) is 5.10 Å². The van der Waals surface area contributed by atoms with Crippen LogP contribution in [0.15, 0.2) is 6.07 Å². The molecule has 0 saturated heterocycles. The lowest BCUT2D eigenvalue weighted by atomic mass is 10.3. The highest BCUT2D eigenvalue weighted by Gasteiger charge is 1.96. The van der Waals surface area contributed by atoms with Crippen LogP contribution in [0, 0.1) is 13.8 Å². The van der Waals surface area contributed by atoms with Crippen molar-refractivity contribution in [2.75, 3.05) is 12.4 Å². The third kappa shape index (κ3) is 1.23. The average molecular weight is 137 g/mol. The van der Waals surface area contributed by atoms with Gasteiger partial charge >= 0.3 is 0 Å². The summed E-state index contributed by atoms with van der Waals surface area (Å²) in [7, 11) is 1.84. The van der Waals surface area contributed by atoms with Gasteiger partial charge in [0.1, 0.15) is 0 Å². The molecule has 1 aromatic rings. The van der Waals surface area contributed by atoms with Gasteiger partial charge in [-0.1, -0.05) is 0 Å². The molecule has 1 aromatic heterocycles. The summed E-state index contributed by atoms with van der Waals surface area (Å²) in [5.41, 5.74) is 2.09. The van der Waals surface area contributed by atoms with Crippen molar-refractivity contribution in [2.45, 2.75) is 13.8 Å². The van der Waals surface area contributed by atoms with E-state index in [4.69, 9.17) is 0 Å². The van der Waals surface area contributed by atoms with Crippen LogP contribution in [0.5, 0.6) is 0 Å². The molecule has 54 valence electrons. The number of nitrogens with one attached hydrogen (secondary N) is 1. The van der Waals surface area contributed by atoms with Crippen LogP contribution < -0.4 is 5.32 Å². The number of aromatic nitrogens is 2. The fourth-order valence-electron chi connectivity index (χ4n) is 0.865. The molecule has 0 aliphatic carbocycles. The predicted molar refractivity (Wildman–Crippen MR) is 41.1 cm³/mol. The highest BCUT2D eigenvalue weighted by Crippen LogP contribution is 2.07. The molecule has 0 radical (unpaired) electrons. The average Bonchev–Trinajstić information content (AvgIpc) is 1.88. The molecular formula is C7H11N3. The van der Waals surface area contributed by atoms with Gasteiger partial charge in [-0.3, -0.25) is 0 Å². The molecule has 1 rings (SSSR count). The molecule has 0 unspecified atom stereocenters. The summed E-state index contributed by atoms with van der Waals surface area (Å²) in [5, 5.41) is 10.8. The number of nitrogens with zero attached hydrogens (tertiary/aromatic N) is 2. The lowest BCUT2D eigenvalue weighted by molar-refractivity contribution is 0.969. The molecule has 0 atom stereocenters. The van der Waals surface area contributed by atoms with E-state index < -0.39 is 0 Å². The second-order valence-corrected chi connectivity index (χ2v) is 2.27. The van der Waals surface area contributed by atoms with E-state index in [1.165, 1.54) is 0 Å². The Morgan fingerprint density at radius 2 is 2.00 bits per heavy atom. The Morgan fingerprint density at radius 3 is 2.50 bits per heavy atom. The van der Waals surface area contributed by atoms with E-state index in [-0.39, 0.29) is 0 Å². The SMILES string of the molecule is CNc1nnc(C)cc1C. The molecule has 0 aliphatic rings. The van der Waals surface area contributed by atoms with Crippen LogP contribution in [-0.2, 0) is 0 Å². The van der Waals surface area contributed by atoms with Gasteiger partial charge in [-0.25, -0.2) is 0 Å². The van der Waals surface area contributed by atoms with E-state index >= 15 is 0 Å². The van der Waals surface area contributed by atoms with Crippen molar-refractivity contribution in [2.24, 2.45) is 0 Å². The minimum atomic E-state index is 0.852. The van der Waals surface area contributed by atoms with Crippen molar-refractivity contribution < 1.29 is 0 Å². The smallest absolute Gasteiger partial charge is 0.151 e. The monoisotopic (exact) mass is 137 g/mol. The van der Waals surface area contributed by atoms with Crippen LogP contribution in [-0.4, -0.2) is 17.2 Å². The van der Waals surface area contributed by atoms with Gasteiger partial charge in [0, 0.05) is 7.05 Å². The fourth-order valence-corrected chi connectivity index (χ4v) is 0.865. The zero-order valence-corrected chi connectivity index (χ0v) is 6.47. The zero-order chi connectivity index (χ0) is 7.56. The highest BCUT2D eigenvalue weighted by atomic mass is 15.2. The largest absolute Gasteiger partial charge is 0.371 e. The summed E-state index contributed by atoms with van der Waals surface area (Å²) in [6, 6.07) is 2.00.